The van der Waals surface area contributed by atoms with Crippen molar-refractivity contribution in [2.45, 2.75) is 6.61 Å². The average Bonchev–Trinajstić information content (AvgIpc) is 2.08. The van der Waals surface area contributed by atoms with Gasteiger partial charge < -0.3 is 4.74 Å². The average molecular weight is 275 g/mol. The minimum atomic E-state index is -3.10. The Morgan fingerprint density at radius 1 is 1.33 bits per heavy atom. The fourth-order valence-corrected chi connectivity index (χ4v) is 1.59. The summed E-state index contributed by atoms with van der Waals surface area (Å²) in [6.45, 7) is -3.10. The maximum Gasteiger partial charge on any atom is 0.387 e. The van der Waals surface area contributed by atoms with Gasteiger partial charge in [-0.2, -0.15) is 8.78 Å². The SMILES string of the molecule is O=C(Cl)c1cc(Cl)cc(Cl)c1OC(F)F. The maximum atomic E-state index is 12.0. The van der Waals surface area contributed by atoms with Crippen molar-refractivity contribution in [2.75, 3.05) is 0 Å². The molecular formula is C8H3Cl3F2O2. The van der Waals surface area contributed by atoms with E-state index in [2.05, 4.69) is 4.74 Å². The van der Waals surface area contributed by atoms with E-state index < -0.39 is 17.6 Å². The van der Waals surface area contributed by atoms with Crippen LogP contribution in [0.3, 0.4) is 0 Å². The molecule has 1 aromatic carbocycles. The highest BCUT2D eigenvalue weighted by atomic mass is 35.5. The molecule has 0 spiro atoms. The van der Waals surface area contributed by atoms with Crippen LogP contribution in [-0.2, 0) is 0 Å². The van der Waals surface area contributed by atoms with Crippen LogP contribution >= 0.6 is 34.8 Å². The highest BCUT2D eigenvalue weighted by molar-refractivity contribution is 6.68. The summed E-state index contributed by atoms with van der Waals surface area (Å²) in [5, 5.41) is -1.08. The van der Waals surface area contributed by atoms with E-state index in [1.807, 2.05) is 0 Å². The summed E-state index contributed by atoms with van der Waals surface area (Å²) in [5.41, 5.74) is -0.297. The van der Waals surface area contributed by atoms with Crippen LogP contribution in [0.4, 0.5) is 8.78 Å². The van der Waals surface area contributed by atoms with Crippen molar-refractivity contribution < 1.29 is 18.3 Å². The molecule has 0 aliphatic heterocycles. The molecule has 0 atom stereocenters. The molecule has 0 aromatic heterocycles. The first-order valence-electron chi connectivity index (χ1n) is 3.55. The second-order valence-corrected chi connectivity index (χ2v) is 3.60. The highest BCUT2D eigenvalue weighted by Crippen LogP contribution is 2.34. The Bertz CT molecular complexity index is 396. The summed E-state index contributed by atoms with van der Waals surface area (Å²) in [6.07, 6.45) is 0. The van der Waals surface area contributed by atoms with Crippen LogP contribution in [0.2, 0.25) is 10.0 Å². The van der Waals surface area contributed by atoms with E-state index in [0.717, 1.165) is 6.07 Å². The van der Waals surface area contributed by atoms with Crippen LogP contribution < -0.4 is 4.74 Å². The van der Waals surface area contributed by atoms with E-state index in [1.165, 1.54) is 6.07 Å². The molecule has 0 saturated carbocycles. The minimum absolute atomic E-state index is 0.102. The molecule has 1 aromatic rings. The lowest BCUT2D eigenvalue weighted by molar-refractivity contribution is -0.0500. The quantitative estimate of drug-likeness (QED) is 0.780. The van der Waals surface area contributed by atoms with E-state index in [4.69, 9.17) is 34.8 Å². The molecule has 0 aliphatic carbocycles. The van der Waals surface area contributed by atoms with Gasteiger partial charge in [0.1, 0.15) is 0 Å². The number of ether oxygens (including phenoxy) is 1. The first-order chi connectivity index (χ1) is 6.91. The Morgan fingerprint density at radius 3 is 2.40 bits per heavy atom. The van der Waals surface area contributed by atoms with Gasteiger partial charge in [-0.1, -0.05) is 23.2 Å². The Morgan fingerprint density at radius 2 is 1.93 bits per heavy atom. The Balaban J connectivity index is 3.27. The van der Waals surface area contributed by atoms with Gasteiger partial charge in [-0.3, -0.25) is 4.79 Å². The predicted molar refractivity (Wildman–Crippen MR) is 53.3 cm³/mol. The van der Waals surface area contributed by atoms with Gasteiger partial charge >= 0.3 is 6.61 Å². The fraction of sp³-hybridized carbons (Fsp3) is 0.125. The normalized spacial score (nSPS) is 10.5. The molecule has 0 saturated heterocycles. The third-order valence-corrected chi connectivity index (χ3v) is 2.13. The van der Waals surface area contributed by atoms with Crippen molar-refractivity contribution >= 4 is 40.0 Å². The van der Waals surface area contributed by atoms with Gasteiger partial charge in [0.15, 0.2) is 5.75 Å². The molecule has 0 bridgehead atoms. The topological polar surface area (TPSA) is 26.3 Å². The molecule has 15 heavy (non-hydrogen) atoms. The van der Waals surface area contributed by atoms with Gasteiger partial charge in [-0.05, 0) is 23.7 Å². The van der Waals surface area contributed by atoms with Gasteiger partial charge in [0.2, 0.25) is 0 Å². The van der Waals surface area contributed by atoms with Crippen molar-refractivity contribution in [3.63, 3.8) is 0 Å². The lowest BCUT2D eigenvalue weighted by atomic mass is 10.2. The first-order valence-corrected chi connectivity index (χ1v) is 4.69. The number of benzene rings is 1. The standard InChI is InChI=1S/C8H3Cl3F2O2/c9-3-1-4(7(11)14)6(5(10)2-3)15-8(12)13/h1-2,8H. The smallest absolute Gasteiger partial charge is 0.387 e. The lowest BCUT2D eigenvalue weighted by Gasteiger charge is -2.10. The highest BCUT2D eigenvalue weighted by Gasteiger charge is 2.18. The van der Waals surface area contributed by atoms with Gasteiger partial charge in [-0.15, -0.1) is 0 Å². The summed E-state index contributed by atoms with van der Waals surface area (Å²) in [4.78, 5) is 10.9. The summed E-state index contributed by atoms with van der Waals surface area (Å²) in [6, 6.07) is 2.27. The summed E-state index contributed by atoms with van der Waals surface area (Å²) < 4.78 is 28.0. The first kappa shape index (κ1) is 12.5. The lowest BCUT2D eigenvalue weighted by Crippen LogP contribution is -2.06. The maximum absolute atomic E-state index is 12.0. The van der Waals surface area contributed by atoms with Crippen molar-refractivity contribution in [1.29, 1.82) is 0 Å². The molecule has 0 amide bonds. The molecule has 0 fully saturated rings. The van der Waals surface area contributed by atoms with Crippen LogP contribution in [0, 0.1) is 0 Å². The second kappa shape index (κ2) is 4.96. The Kier molecular flexibility index (Phi) is 4.13. The number of hydrogen-bond donors (Lipinski definition) is 0. The number of carbonyl (C=O) groups excluding carboxylic acids is 1. The van der Waals surface area contributed by atoms with E-state index in [9.17, 15) is 13.6 Å². The van der Waals surface area contributed by atoms with E-state index in [0.29, 0.717) is 0 Å². The zero-order valence-corrected chi connectivity index (χ0v) is 9.21. The Hall–Kier alpha value is -0.580. The predicted octanol–water partition coefficient (Wildman–Crippen LogP) is 3.97. The third kappa shape index (κ3) is 3.19. The molecule has 0 heterocycles. The second-order valence-electron chi connectivity index (χ2n) is 2.42. The zero-order chi connectivity index (χ0) is 11.6. The van der Waals surface area contributed by atoms with Crippen LogP contribution in [0.15, 0.2) is 12.1 Å². The van der Waals surface area contributed by atoms with Crippen LogP contribution in [0.5, 0.6) is 5.75 Å². The molecule has 7 heteroatoms. The Labute approximate surface area is 98.7 Å². The minimum Gasteiger partial charge on any atom is -0.432 e. The van der Waals surface area contributed by atoms with Gasteiger partial charge in [0.05, 0.1) is 10.6 Å². The van der Waals surface area contributed by atoms with Gasteiger partial charge in [0, 0.05) is 5.02 Å². The number of carbonyl (C=O) groups is 1. The van der Waals surface area contributed by atoms with E-state index in [1.54, 1.807) is 0 Å². The summed E-state index contributed by atoms with van der Waals surface area (Å²) >= 11 is 16.3. The summed E-state index contributed by atoms with van der Waals surface area (Å²) in [7, 11) is 0. The molecule has 82 valence electrons. The van der Waals surface area contributed by atoms with Crippen LogP contribution in [0.25, 0.3) is 0 Å². The molecule has 0 radical (unpaired) electrons. The van der Waals surface area contributed by atoms with Crippen LogP contribution in [-0.4, -0.2) is 11.9 Å². The molecular weight excluding hydrogens is 272 g/mol. The van der Waals surface area contributed by atoms with E-state index >= 15 is 0 Å². The largest absolute Gasteiger partial charge is 0.432 e. The number of rotatable bonds is 3. The molecule has 0 unspecified atom stereocenters. The van der Waals surface area contributed by atoms with Gasteiger partial charge in [-0.25, -0.2) is 0 Å². The number of halogens is 5. The fourth-order valence-electron chi connectivity index (χ4n) is 0.915. The number of alkyl halides is 2. The summed E-state index contributed by atoms with van der Waals surface area (Å²) in [5.74, 6) is -0.476. The molecule has 0 N–H and O–H groups in total. The number of hydrogen-bond acceptors (Lipinski definition) is 2. The van der Waals surface area contributed by atoms with Crippen molar-refractivity contribution in [3.8, 4) is 5.75 Å². The van der Waals surface area contributed by atoms with Crippen molar-refractivity contribution in [1.82, 2.24) is 0 Å². The van der Waals surface area contributed by atoms with Crippen molar-refractivity contribution in [2.24, 2.45) is 0 Å². The van der Waals surface area contributed by atoms with Crippen LogP contribution in [0.1, 0.15) is 10.4 Å². The molecule has 0 aliphatic rings. The van der Waals surface area contributed by atoms with Crippen molar-refractivity contribution in [3.05, 3.63) is 27.7 Å². The third-order valence-electron chi connectivity index (χ3n) is 1.43. The zero-order valence-electron chi connectivity index (χ0n) is 6.94. The monoisotopic (exact) mass is 274 g/mol. The van der Waals surface area contributed by atoms with Gasteiger partial charge in [0.25, 0.3) is 5.24 Å². The molecule has 1 rings (SSSR count). The van der Waals surface area contributed by atoms with E-state index in [-0.39, 0.29) is 15.6 Å². The molecule has 2 nitrogen and oxygen atoms in total.